The number of methoxy groups -OCH3 is 1. The second-order valence-corrected chi connectivity index (χ2v) is 6.05. The first-order valence-corrected chi connectivity index (χ1v) is 8.64. The third kappa shape index (κ3) is 5.04. The third-order valence-electron chi connectivity index (χ3n) is 4.08. The largest absolute Gasteiger partial charge is 0.497 e. The van der Waals surface area contributed by atoms with E-state index in [1.54, 1.807) is 11.8 Å². The first-order chi connectivity index (χ1) is 13.2. The van der Waals surface area contributed by atoms with Gasteiger partial charge in [-0.3, -0.25) is 0 Å². The quantitative estimate of drug-likeness (QED) is 0.667. The predicted molar refractivity (Wildman–Crippen MR) is 101 cm³/mol. The van der Waals surface area contributed by atoms with Crippen molar-refractivity contribution in [2.24, 2.45) is 0 Å². The van der Waals surface area contributed by atoms with Crippen molar-refractivity contribution >= 4 is 6.03 Å². The zero-order chi connectivity index (χ0) is 19.1. The van der Waals surface area contributed by atoms with Gasteiger partial charge in [-0.2, -0.15) is 4.68 Å². The molecule has 0 saturated carbocycles. The van der Waals surface area contributed by atoms with Crippen molar-refractivity contribution in [1.82, 2.24) is 30.8 Å². The SMILES string of the molecule is COc1ccc(CCNC(=O)NCc2nnnn2-c2ccc(C)cc2)cc1. The molecule has 0 fully saturated rings. The number of aromatic nitrogens is 4. The Kier molecular flexibility index (Phi) is 5.98. The van der Waals surface area contributed by atoms with Crippen LogP contribution in [0.25, 0.3) is 5.69 Å². The van der Waals surface area contributed by atoms with Crippen molar-refractivity contribution in [2.45, 2.75) is 19.9 Å². The first-order valence-electron chi connectivity index (χ1n) is 8.64. The molecule has 0 unspecified atom stereocenters. The lowest BCUT2D eigenvalue weighted by molar-refractivity contribution is 0.240. The minimum Gasteiger partial charge on any atom is -0.497 e. The molecule has 140 valence electrons. The zero-order valence-corrected chi connectivity index (χ0v) is 15.3. The maximum Gasteiger partial charge on any atom is 0.315 e. The maximum absolute atomic E-state index is 12.0. The zero-order valence-electron chi connectivity index (χ0n) is 15.3. The number of rotatable bonds is 7. The highest BCUT2D eigenvalue weighted by Crippen LogP contribution is 2.11. The van der Waals surface area contributed by atoms with Crippen LogP contribution in [0.3, 0.4) is 0 Å². The van der Waals surface area contributed by atoms with Crippen molar-refractivity contribution < 1.29 is 9.53 Å². The molecule has 0 radical (unpaired) electrons. The fourth-order valence-corrected chi connectivity index (χ4v) is 2.54. The monoisotopic (exact) mass is 366 g/mol. The maximum atomic E-state index is 12.0. The van der Waals surface area contributed by atoms with E-state index in [-0.39, 0.29) is 12.6 Å². The number of hydrogen-bond donors (Lipinski definition) is 2. The first kappa shape index (κ1) is 18.4. The number of nitrogens with zero attached hydrogens (tertiary/aromatic N) is 4. The molecule has 3 rings (SSSR count). The average molecular weight is 366 g/mol. The standard InChI is InChI=1S/C19H22N6O2/c1-14-3-7-16(8-4-14)25-18(22-23-24-25)13-21-19(26)20-12-11-15-5-9-17(27-2)10-6-15/h3-10H,11-13H2,1-2H3,(H2,20,21,26). The van der Waals surface area contributed by atoms with E-state index in [0.717, 1.165) is 29.0 Å². The molecule has 1 aromatic heterocycles. The summed E-state index contributed by atoms with van der Waals surface area (Å²) in [5, 5.41) is 17.3. The Morgan fingerprint density at radius 2 is 1.81 bits per heavy atom. The summed E-state index contributed by atoms with van der Waals surface area (Å²) in [4.78, 5) is 12.0. The summed E-state index contributed by atoms with van der Waals surface area (Å²) in [5.74, 6) is 1.37. The topological polar surface area (TPSA) is 94.0 Å². The van der Waals surface area contributed by atoms with Gasteiger partial charge in [0.2, 0.25) is 0 Å². The molecule has 2 N–H and O–H groups in total. The van der Waals surface area contributed by atoms with Crippen LogP contribution in [0.1, 0.15) is 17.0 Å². The number of aryl methyl sites for hydroxylation is 1. The van der Waals surface area contributed by atoms with E-state index in [1.807, 2.05) is 55.5 Å². The molecule has 0 spiro atoms. The lowest BCUT2D eigenvalue weighted by Crippen LogP contribution is -2.36. The van der Waals surface area contributed by atoms with E-state index in [1.165, 1.54) is 0 Å². The molecular formula is C19H22N6O2. The Morgan fingerprint density at radius 3 is 2.52 bits per heavy atom. The number of urea groups is 1. The number of carbonyl (C=O) groups excluding carboxylic acids is 1. The van der Waals surface area contributed by atoms with Gasteiger partial charge in [-0.05, 0) is 53.6 Å². The number of nitrogens with one attached hydrogen (secondary N) is 2. The number of hydrogen-bond acceptors (Lipinski definition) is 5. The second kappa shape index (κ2) is 8.79. The summed E-state index contributed by atoms with van der Waals surface area (Å²) in [7, 11) is 1.63. The Labute approximate surface area is 157 Å². The van der Waals surface area contributed by atoms with Gasteiger partial charge in [0.15, 0.2) is 5.82 Å². The predicted octanol–water partition coefficient (Wildman–Crippen LogP) is 2.02. The molecule has 0 aliphatic carbocycles. The molecule has 0 bridgehead atoms. The van der Waals surface area contributed by atoms with Crippen LogP contribution in [0.2, 0.25) is 0 Å². The molecule has 2 amide bonds. The summed E-state index contributed by atoms with van der Waals surface area (Å²) >= 11 is 0. The van der Waals surface area contributed by atoms with Crippen LogP contribution in [-0.2, 0) is 13.0 Å². The molecule has 0 aliphatic rings. The van der Waals surface area contributed by atoms with Crippen LogP contribution in [0, 0.1) is 6.92 Å². The number of carbonyl (C=O) groups is 1. The number of ether oxygens (including phenoxy) is 1. The Balaban J connectivity index is 1.47. The highest BCUT2D eigenvalue weighted by atomic mass is 16.5. The molecule has 0 saturated heterocycles. The van der Waals surface area contributed by atoms with E-state index in [0.29, 0.717) is 12.4 Å². The summed E-state index contributed by atoms with van der Waals surface area (Å²) in [6.07, 6.45) is 0.735. The highest BCUT2D eigenvalue weighted by Gasteiger charge is 2.09. The van der Waals surface area contributed by atoms with Gasteiger partial charge in [0.1, 0.15) is 5.75 Å². The van der Waals surface area contributed by atoms with Crippen molar-refractivity contribution in [3.63, 3.8) is 0 Å². The number of benzene rings is 2. The molecule has 0 atom stereocenters. The van der Waals surface area contributed by atoms with E-state index in [9.17, 15) is 4.79 Å². The van der Waals surface area contributed by atoms with Crippen molar-refractivity contribution in [3.8, 4) is 11.4 Å². The van der Waals surface area contributed by atoms with Gasteiger partial charge in [-0.15, -0.1) is 5.10 Å². The molecule has 2 aromatic carbocycles. The van der Waals surface area contributed by atoms with Crippen molar-refractivity contribution in [1.29, 1.82) is 0 Å². The van der Waals surface area contributed by atoms with Crippen LogP contribution in [0.15, 0.2) is 48.5 Å². The normalized spacial score (nSPS) is 10.4. The second-order valence-electron chi connectivity index (χ2n) is 6.05. The summed E-state index contributed by atoms with van der Waals surface area (Å²) in [6.45, 7) is 2.78. The van der Waals surface area contributed by atoms with Crippen LogP contribution in [0.4, 0.5) is 4.79 Å². The summed E-state index contributed by atoms with van der Waals surface area (Å²) < 4.78 is 6.74. The molecule has 8 heteroatoms. The van der Waals surface area contributed by atoms with Crippen molar-refractivity contribution in [3.05, 3.63) is 65.5 Å². The average Bonchev–Trinajstić information content (AvgIpc) is 3.16. The summed E-state index contributed by atoms with van der Waals surface area (Å²) in [6, 6.07) is 15.3. The lowest BCUT2D eigenvalue weighted by atomic mass is 10.1. The van der Waals surface area contributed by atoms with Gasteiger partial charge >= 0.3 is 6.03 Å². The van der Waals surface area contributed by atoms with Gasteiger partial charge in [-0.25, -0.2) is 4.79 Å². The van der Waals surface area contributed by atoms with Gasteiger partial charge in [0, 0.05) is 6.54 Å². The fraction of sp³-hybridized carbons (Fsp3) is 0.263. The smallest absolute Gasteiger partial charge is 0.315 e. The van der Waals surface area contributed by atoms with Gasteiger partial charge < -0.3 is 15.4 Å². The fourth-order valence-electron chi connectivity index (χ4n) is 2.54. The van der Waals surface area contributed by atoms with Gasteiger partial charge in [0.25, 0.3) is 0 Å². The molecule has 0 aliphatic heterocycles. The molecule has 1 heterocycles. The molecule has 8 nitrogen and oxygen atoms in total. The molecule has 3 aromatic rings. The Morgan fingerprint density at radius 1 is 1.07 bits per heavy atom. The Hall–Kier alpha value is -3.42. The lowest BCUT2D eigenvalue weighted by Gasteiger charge is -2.08. The van der Waals surface area contributed by atoms with Crippen LogP contribution >= 0.6 is 0 Å². The van der Waals surface area contributed by atoms with E-state index < -0.39 is 0 Å². The van der Waals surface area contributed by atoms with Crippen LogP contribution in [0.5, 0.6) is 5.75 Å². The molecular weight excluding hydrogens is 344 g/mol. The third-order valence-corrected chi connectivity index (χ3v) is 4.08. The van der Waals surface area contributed by atoms with Crippen LogP contribution in [-0.4, -0.2) is 39.9 Å². The van der Waals surface area contributed by atoms with Crippen LogP contribution < -0.4 is 15.4 Å². The van der Waals surface area contributed by atoms with E-state index in [4.69, 9.17) is 4.74 Å². The number of amides is 2. The summed E-state index contributed by atoms with van der Waals surface area (Å²) in [5.41, 5.74) is 3.13. The van der Waals surface area contributed by atoms with E-state index >= 15 is 0 Å². The minimum atomic E-state index is -0.262. The van der Waals surface area contributed by atoms with Gasteiger partial charge in [0.05, 0.1) is 19.3 Å². The molecule has 27 heavy (non-hydrogen) atoms. The number of tetrazole rings is 1. The van der Waals surface area contributed by atoms with E-state index in [2.05, 4.69) is 26.2 Å². The Bertz CT molecular complexity index is 874. The van der Waals surface area contributed by atoms with Crippen molar-refractivity contribution in [2.75, 3.05) is 13.7 Å². The minimum absolute atomic E-state index is 0.231. The highest BCUT2D eigenvalue weighted by molar-refractivity contribution is 5.73. The van der Waals surface area contributed by atoms with Gasteiger partial charge in [-0.1, -0.05) is 29.8 Å².